The van der Waals surface area contributed by atoms with Gasteiger partial charge in [-0.05, 0) is 6.07 Å². The monoisotopic (exact) mass is 351 g/mol. The van der Waals surface area contributed by atoms with Gasteiger partial charge in [-0.2, -0.15) is 0 Å². The summed E-state index contributed by atoms with van der Waals surface area (Å²) in [7, 11) is 0. The number of hydrogen-bond donors (Lipinski definition) is 3. The van der Waals surface area contributed by atoms with Crippen molar-refractivity contribution in [3.63, 3.8) is 0 Å². The van der Waals surface area contributed by atoms with E-state index in [4.69, 9.17) is 0 Å². The molecular weight excluding hydrogens is 334 g/mol. The van der Waals surface area contributed by atoms with Gasteiger partial charge in [-0.1, -0.05) is 0 Å². The quantitative estimate of drug-likeness (QED) is 0.481. The fourth-order valence-electron chi connectivity index (χ4n) is 3.04. The first-order chi connectivity index (χ1) is 12.6. The van der Waals surface area contributed by atoms with Crippen molar-refractivity contribution in [2.75, 3.05) is 6.54 Å². The van der Waals surface area contributed by atoms with E-state index in [1.54, 1.807) is 12.4 Å². The zero-order chi connectivity index (χ0) is 18.1. The Labute approximate surface area is 149 Å². The maximum Gasteiger partial charge on any atom is 0.162 e. The summed E-state index contributed by atoms with van der Waals surface area (Å²) in [5.41, 5.74) is 3.36. The summed E-state index contributed by atoms with van der Waals surface area (Å²) in [6.07, 6.45) is 7.40. The maximum atomic E-state index is 9.97. The Morgan fingerprint density at radius 2 is 1.73 bits per heavy atom. The minimum Gasteiger partial charge on any atom is -0.507 e. The Balaban J connectivity index is 1.53. The summed E-state index contributed by atoms with van der Waals surface area (Å²) < 4.78 is 0. The molecule has 0 unspecified atom stereocenters. The number of phenols is 3. The summed E-state index contributed by atoms with van der Waals surface area (Å²) in [4.78, 5) is 19.1. The second-order valence-electron chi connectivity index (χ2n) is 6.22. The fourth-order valence-corrected chi connectivity index (χ4v) is 3.04. The van der Waals surface area contributed by atoms with Crippen molar-refractivity contribution in [2.45, 2.75) is 19.5 Å². The third-order valence-electron chi connectivity index (χ3n) is 4.40. The Kier molecular flexibility index (Phi) is 4.10. The first-order valence-electron chi connectivity index (χ1n) is 8.16. The number of nitrogens with zero attached hydrogens (tertiary/aromatic N) is 5. The van der Waals surface area contributed by atoms with Crippen LogP contribution in [0, 0.1) is 0 Å². The zero-order valence-corrected chi connectivity index (χ0v) is 13.9. The van der Waals surface area contributed by atoms with Crippen LogP contribution < -0.4 is 0 Å². The van der Waals surface area contributed by atoms with Crippen LogP contribution in [-0.2, 0) is 19.5 Å². The molecular formula is C18H17N5O3. The SMILES string of the molecule is Oc1cc(O)c(CN2CCc3nc(-c4cncnc4)ncc3C2)cc1O. The summed E-state index contributed by atoms with van der Waals surface area (Å²) in [5, 5.41) is 29.0. The Morgan fingerprint density at radius 3 is 2.54 bits per heavy atom. The van der Waals surface area contributed by atoms with Crippen LogP contribution in [0.15, 0.2) is 37.1 Å². The fraction of sp³-hybridized carbons (Fsp3) is 0.222. The molecule has 0 amide bonds. The second-order valence-corrected chi connectivity index (χ2v) is 6.22. The highest BCUT2D eigenvalue weighted by atomic mass is 16.3. The van der Waals surface area contributed by atoms with Gasteiger partial charge < -0.3 is 15.3 Å². The largest absolute Gasteiger partial charge is 0.507 e. The molecule has 3 N–H and O–H groups in total. The van der Waals surface area contributed by atoms with Gasteiger partial charge in [-0.25, -0.2) is 19.9 Å². The summed E-state index contributed by atoms with van der Waals surface area (Å²) in [5.74, 6) is -0.00463. The van der Waals surface area contributed by atoms with Crippen molar-refractivity contribution in [1.82, 2.24) is 24.8 Å². The molecule has 0 spiro atoms. The molecule has 0 saturated carbocycles. The number of hydrogen-bond acceptors (Lipinski definition) is 8. The lowest BCUT2D eigenvalue weighted by molar-refractivity contribution is 0.239. The van der Waals surface area contributed by atoms with E-state index in [0.717, 1.165) is 35.9 Å². The smallest absolute Gasteiger partial charge is 0.162 e. The van der Waals surface area contributed by atoms with E-state index in [-0.39, 0.29) is 17.2 Å². The molecule has 1 aliphatic rings. The number of fused-ring (bicyclic) bond motifs is 1. The van der Waals surface area contributed by atoms with E-state index in [1.165, 1.54) is 12.4 Å². The Hall–Kier alpha value is -3.26. The number of benzene rings is 1. The highest BCUT2D eigenvalue weighted by Gasteiger charge is 2.20. The number of phenolic OH excluding ortho intramolecular Hbond substituents is 3. The molecule has 26 heavy (non-hydrogen) atoms. The minimum absolute atomic E-state index is 0.0400. The highest BCUT2D eigenvalue weighted by Crippen LogP contribution is 2.33. The van der Waals surface area contributed by atoms with E-state index in [0.29, 0.717) is 24.5 Å². The standard InChI is InChI=1S/C18H17N5O3/c24-15-4-17(26)16(25)3-11(15)8-23-2-1-14-13(9-23)7-21-18(22-14)12-5-19-10-20-6-12/h3-7,10,24-26H,1-2,8-9H2. The molecule has 0 atom stereocenters. The number of aromatic nitrogens is 4. The molecule has 4 rings (SSSR count). The van der Waals surface area contributed by atoms with Crippen LogP contribution >= 0.6 is 0 Å². The molecule has 0 aliphatic carbocycles. The van der Waals surface area contributed by atoms with Crippen LogP contribution in [0.1, 0.15) is 16.8 Å². The molecule has 2 aromatic heterocycles. The normalized spacial score (nSPS) is 14.2. The van der Waals surface area contributed by atoms with E-state index in [2.05, 4.69) is 24.8 Å². The van der Waals surface area contributed by atoms with Crippen LogP contribution in [0.25, 0.3) is 11.4 Å². The van der Waals surface area contributed by atoms with E-state index < -0.39 is 0 Å². The van der Waals surface area contributed by atoms with Gasteiger partial charge in [0.25, 0.3) is 0 Å². The predicted molar refractivity (Wildman–Crippen MR) is 92.3 cm³/mol. The maximum absolute atomic E-state index is 9.97. The molecule has 0 fully saturated rings. The lowest BCUT2D eigenvalue weighted by atomic mass is 10.1. The van der Waals surface area contributed by atoms with Crippen LogP contribution in [0.5, 0.6) is 17.2 Å². The summed E-state index contributed by atoms with van der Waals surface area (Å²) >= 11 is 0. The molecule has 0 radical (unpaired) electrons. The third kappa shape index (κ3) is 3.14. The zero-order valence-electron chi connectivity index (χ0n) is 13.9. The third-order valence-corrected chi connectivity index (χ3v) is 4.40. The number of rotatable bonds is 3. The van der Waals surface area contributed by atoms with Crippen molar-refractivity contribution in [3.05, 3.63) is 53.9 Å². The van der Waals surface area contributed by atoms with Crippen LogP contribution in [0.4, 0.5) is 0 Å². The second kappa shape index (κ2) is 6.57. The van der Waals surface area contributed by atoms with Crippen LogP contribution in [-0.4, -0.2) is 46.7 Å². The van der Waals surface area contributed by atoms with Gasteiger partial charge in [0.1, 0.15) is 12.1 Å². The molecule has 0 saturated heterocycles. The predicted octanol–water partition coefficient (Wildman–Crippen LogP) is 1.61. The highest BCUT2D eigenvalue weighted by molar-refractivity contribution is 5.52. The minimum atomic E-state index is -0.332. The van der Waals surface area contributed by atoms with E-state index in [9.17, 15) is 15.3 Å². The topological polar surface area (TPSA) is 115 Å². The van der Waals surface area contributed by atoms with Gasteiger partial charge >= 0.3 is 0 Å². The van der Waals surface area contributed by atoms with Crippen molar-refractivity contribution >= 4 is 0 Å². The van der Waals surface area contributed by atoms with Crippen LogP contribution in [0.2, 0.25) is 0 Å². The average molecular weight is 351 g/mol. The Morgan fingerprint density at radius 1 is 0.962 bits per heavy atom. The van der Waals surface area contributed by atoms with Crippen molar-refractivity contribution in [2.24, 2.45) is 0 Å². The van der Waals surface area contributed by atoms with Crippen LogP contribution in [0.3, 0.4) is 0 Å². The molecule has 3 aromatic rings. The van der Waals surface area contributed by atoms with E-state index in [1.807, 2.05) is 6.20 Å². The number of aromatic hydroxyl groups is 3. The molecule has 3 heterocycles. The molecule has 132 valence electrons. The summed E-state index contributed by atoms with van der Waals surface area (Å²) in [6.45, 7) is 1.85. The lowest BCUT2D eigenvalue weighted by Gasteiger charge is -2.28. The molecule has 1 aromatic carbocycles. The average Bonchev–Trinajstić information content (AvgIpc) is 2.66. The summed E-state index contributed by atoms with van der Waals surface area (Å²) in [6, 6.07) is 2.54. The van der Waals surface area contributed by atoms with Crippen molar-refractivity contribution in [1.29, 1.82) is 0 Å². The lowest BCUT2D eigenvalue weighted by Crippen LogP contribution is -2.31. The molecule has 1 aliphatic heterocycles. The van der Waals surface area contributed by atoms with Gasteiger partial charge in [-0.15, -0.1) is 0 Å². The molecule has 8 heteroatoms. The van der Waals surface area contributed by atoms with Crippen molar-refractivity contribution in [3.8, 4) is 28.6 Å². The molecule has 8 nitrogen and oxygen atoms in total. The van der Waals surface area contributed by atoms with Gasteiger partial charge in [0.15, 0.2) is 17.3 Å². The molecule has 0 bridgehead atoms. The first kappa shape index (κ1) is 16.2. The van der Waals surface area contributed by atoms with Gasteiger partial charge in [0.05, 0.1) is 11.3 Å². The van der Waals surface area contributed by atoms with Gasteiger partial charge in [0.2, 0.25) is 0 Å². The van der Waals surface area contributed by atoms with Gasteiger partial charge in [-0.3, -0.25) is 4.90 Å². The van der Waals surface area contributed by atoms with Gasteiger partial charge in [0, 0.05) is 61.8 Å². The Bertz CT molecular complexity index is 949. The first-order valence-corrected chi connectivity index (χ1v) is 8.16. The van der Waals surface area contributed by atoms with E-state index >= 15 is 0 Å². The van der Waals surface area contributed by atoms with Crippen molar-refractivity contribution < 1.29 is 15.3 Å².